The SMILES string of the molecule is CCC(OCC(O)CO)C(=O)OC. The van der Waals surface area contributed by atoms with E-state index in [0.717, 1.165) is 0 Å². The first-order valence-electron chi connectivity index (χ1n) is 4.14. The van der Waals surface area contributed by atoms with Crippen LogP contribution in [-0.4, -0.2) is 48.7 Å². The molecule has 0 aromatic rings. The number of hydrogen-bond acceptors (Lipinski definition) is 5. The van der Waals surface area contributed by atoms with Crippen molar-refractivity contribution in [2.45, 2.75) is 25.6 Å². The summed E-state index contributed by atoms with van der Waals surface area (Å²) in [5.41, 5.74) is 0. The van der Waals surface area contributed by atoms with Gasteiger partial charge in [0.2, 0.25) is 0 Å². The van der Waals surface area contributed by atoms with E-state index in [2.05, 4.69) is 4.74 Å². The summed E-state index contributed by atoms with van der Waals surface area (Å²) in [6, 6.07) is 0. The molecule has 2 N–H and O–H groups in total. The summed E-state index contributed by atoms with van der Waals surface area (Å²) in [6.45, 7) is 1.33. The fourth-order valence-corrected chi connectivity index (χ4v) is 0.764. The van der Waals surface area contributed by atoms with E-state index >= 15 is 0 Å². The van der Waals surface area contributed by atoms with Gasteiger partial charge in [-0.1, -0.05) is 6.92 Å². The first kappa shape index (κ1) is 12.3. The van der Waals surface area contributed by atoms with Crippen molar-refractivity contribution in [3.63, 3.8) is 0 Å². The molecule has 0 aromatic carbocycles. The molecule has 0 aliphatic heterocycles. The van der Waals surface area contributed by atoms with E-state index in [0.29, 0.717) is 6.42 Å². The standard InChI is InChI=1S/C8H16O5/c1-3-7(8(11)12-2)13-5-6(10)4-9/h6-7,9-10H,3-5H2,1-2H3. The molecule has 2 unspecified atom stereocenters. The third kappa shape index (κ3) is 4.82. The topological polar surface area (TPSA) is 76.0 Å². The first-order chi connectivity index (χ1) is 6.15. The third-order valence-corrected chi connectivity index (χ3v) is 1.54. The van der Waals surface area contributed by atoms with E-state index in [-0.39, 0.29) is 13.2 Å². The second kappa shape index (κ2) is 6.82. The van der Waals surface area contributed by atoms with Crippen LogP contribution in [0.2, 0.25) is 0 Å². The summed E-state index contributed by atoms with van der Waals surface area (Å²) in [4.78, 5) is 11.0. The Hall–Kier alpha value is -0.650. The van der Waals surface area contributed by atoms with Crippen molar-refractivity contribution in [2.75, 3.05) is 20.3 Å². The van der Waals surface area contributed by atoms with Crippen LogP contribution in [0.1, 0.15) is 13.3 Å². The van der Waals surface area contributed by atoms with E-state index in [1.165, 1.54) is 7.11 Å². The Morgan fingerprint density at radius 3 is 2.54 bits per heavy atom. The molecule has 0 saturated heterocycles. The number of esters is 1. The molecule has 0 radical (unpaired) electrons. The highest BCUT2D eigenvalue weighted by atomic mass is 16.6. The van der Waals surface area contributed by atoms with Crippen LogP contribution in [0.3, 0.4) is 0 Å². The Kier molecular flexibility index (Phi) is 6.48. The van der Waals surface area contributed by atoms with E-state index in [9.17, 15) is 4.79 Å². The molecule has 13 heavy (non-hydrogen) atoms. The average molecular weight is 192 g/mol. The predicted molar refractivity (Wildman–Crippen MR) is 45.1 cm³/mol. The molecule has 0 amide bonds. The Bertz CT molecular complexity index is 147. The van der Waals surface area contributed by atoms with Crippen molar-refractivity contribution in [2.24, 2.45) is 0 Å². The molecule has 0 heterocycles. The van der Waals surface area contributed by atoms with Gasteiger partial charge in [-0.05, 0) is 6.42 Å². The molecule has 0 fully saturated rings. The number of rotatable bonds is 6. The number of carbonyl (C=O) groups is 1. The maximum absolute atomic E-state index is 11.0. The molecule has 2 atom stereocenters. The smallest absolute Gasteiger partial charge is 0.334 e. The van der Waals surface area contributed by atoms with Gasteiger partial charge in [-0.3, -0.25) is 0 Å². The minimum Gasteiger partial charge on any atom is -0.467 e. The summed E-state index contributed by atoms with van der Waals surface area (Å²) >= 11 is 0. The lowest BCUT2D eigenvalue weighted by atomic mass is 10.3. The lowest BCUT2D eigenvalue weighted by Crippen LogP contribution is -2.30. The van der Waals surface area contributed by atoms with Gasteiger partial charge >= 0.3 is 5.97 Å². The molecule has 0 bridgehead atoms. The normalized spacial score (nSPS) is 15.1. The molecule has 5 heteroatoms. The van der Waals surface area contributed by atoms with E-state index in [4.69, 9.17) is 14.9 Å². The molecule has 5 nitrogen and oxygen atoms in total. The Labute approximate surface area is 77.3 Å². The second-order valence-electron chi connectivity index (χ2n) is 2.59. The minimum atomic E-state index is -0.946. The number of ether oxygens (including phenoxy) is 2. The van der Waals surface area contributed by atoms with Crippen LogP contribution in [0.5, 0.6) is 0 Å². The van der Waals surface area contributed by atoms with Gasteiger partial charge in [-0.15, -0.1) is 0 Å². The molecular weight excluding hydrogens is 176 g/mol. The molecule has 0 saturated carbocycles. The van der Waals surface area contributed by atoms with Crippen LogP contribution in [0.4, 0.5) is 0 Å². The lowest BCUT2D eigenvalue weighted by molar-refractivity contribution is -0.156. The third-order valence-electron chi connectivity index (χ3n) is 1.54. The Balaban J connectivity index is 3.78. The van der Waals surface area contributed by atoms with Crippen molar-refractivity contribution >= 4 is 5.97 Å². The molecule has 78 valence electrons. The molecule has 0 rings (SSSR count). The molecule has 0 aromatic heterocycles. The number of aliphatic hydroxyl groups excluding tert-OH is 2. The van der Waals surface area contributed by atoms with E-state index in [1.54, 1.807) is 6.92 Å². The predicted octanol–water partition coefficient (Wildman–Crippen LogP) is -0.692. The zero-order valence-corrected chi connectivity index (χ0v) is 7.90. The monoisotopic (exact) mass is 192 g/mol. The van der Waals surface area contributed by atoms with Crippen LogP contribution < -0.4 is 0 Å². The fourth-order valence-electron chi connectivity index (χ4n) is 0.764. The van der Waals surface area contributed by atoms with E-state index < -0.39 is 18.2 Å². The second-order valence-corrected chi connectivity index (χ2v) is 2.59. The molecule has 0 aliphatic rings. The molecular formula is C8H16O5. The maximum Gasteiger partial charge on any atom is 0.334 e. The highest BCUT2D eigenvalue weighted by Gasteiger charge is 2.18. The zero-order chi connectivity index (χ0) is 10.3. The van der Waals surface area contributed by atoms with Crippen molar-refractivity contribution in [1.29, 1.82) is 0 Å². The summed E-state index contributed by atoms with van der Waals surface area (Å²) in [5, 5.41) is 17.4. The van der Waals surface area contributed by atoms with Crippen LogP contribution >= 0.6 is 0 Å². The zero-order valence-electron chi connectivity index (χ0n) is 7.90. The van der Waals surface area contributed by atoms with Gasteiger partial charge in [0, 0.05) is 0 Å². The van der Waals surface area contributed by atoms with Gasteiger partial charge in [0.1, 0.15) is 6.10 Å². The molecule has 0 spiro atoms. The largest absolute Gasteiger partial charge is 0.467 e. The van der Waals surface area contributed by atoms with Gasteiger partial charge in [-0.2, -0.15) is 0 Å². The van der Waals surface area contributed by atoms with Crippen molar-refractivity contribution in [3.05, 3.63) is 0 Å². The van der Waals surface area contributed by atoms with Crippen molar-refractivity contribution in [3.8, 4) is 0 Å². The van der Waals surface area contributed by atoms with E-state index in [1.807, 2.05) is 0 Å². The first-order valence-corrected chi connectivity index (χ1v) is 4.14. The number of aliphatic hydroxyl groups is 2. The molecule has 0 aliphatic carbocycles. The van der Waals surface area contributed by atoms with Crippen molar-refractivity contribution < 1.29 is 24.5 Å². The minimum absolute atomic E-state index is 0.0654. The summed E-state index contributed by atoms with van der Waals surface area (Å²) in [5.74, 6) is -0.465. The van der Waals surface area contributed by atoms with Crippen LogP contribution in [0, 0.1) is 0 Å². The summed E-state index contributed by atoms with van der Waals surface area (Å²) in [6.07, 6.45) is -1.13. The highest BCUT2D eigenvalue weighted by Crippen LogP contribution is 2.01. The van der Waals surface area contributed by atoms with Gasteiger partial charge in [0.25, 0.3) is 0 Å². The summed E-state index contributed by atoms with van der Waals surface area (Å²) in [7, 11) is 1.27. The van der Waals surface area contributed by atoms with Gasteiger partial charge in [-0.25, -0.2) is 4.79 Å². The lowest BCUT2D eigenvalue weighted by Gasteiger charge is -2.15. The number of hydrogen-bond donors (Lipinski definition) is 2. The van der Waals surface area contributed by atoms with Gasteiger partial charge < -0.3 is 19.7 Å². The van der Waals surface area contributed by atoms with Gasteiger partial charge in [0.05, 0.1) is 20.3 Å². The van der Waals surface area contributed by atoms with Crippen molar-refractivity contribution in [1.82, 2.24) is 0 Å². The average Bonchev–Trinajstić information content (AvgIpc) is 2.17. The van der Waals surface area contributed by atoms with Gasteiger partial charge in [0.15, 0.2) is 6.10 Å². The highest BCUT2D eigenvalue weighted by molar-refractivity contribution is 5.74. The number of carbonyl (C=O) groups excluding carboxylic acids is 1. The fraction of sp³-hybridized carbons (Fsp3) is 0.875. The van der Waals surface area contributed by atoms with Crippen LogP contribution in [0.25, 0.3) is 0 Å². The Morgan fingerprint density at radius 2 is 2.15 bits per heavy atom. The van der Waals surface area contributed by atoms with Crippen LogP contribution in [0.15, 0.2) is 0 Å². The van der Waals surface area contributed by atoms with Crippen LogP contribution in [-0.2, 0) is 14.3 Å². The Morgan fingerprint density at radius 1 is 1.54 bits per heavy atom. The maximum atomic E-state index is 11.0. The summed E-state index contributed by atoms with van der Waals surface area (Å²) < 4.78 is 9.47. The quantitative estimate of drug-likeness (QED) is 0.545. The number of methoxy groups -OCH3 is 1.